The molecule has 214 valence electrons. The van der Waals surface area contributed by atoms with Crippen molar-refractivity contribution in [3.8, 4) is 11.1 Å². The van der Waals surface area contributed by atoms with Gasteiger partial charge in [-0.05, 0) is 66.4 Å². The van der Waals surface area contributed by atoms with Gasteiger partial charge in [0.2, 0.25) is 0 Å². The van der Waals surface area contributed by atoms with Crippen LogP contribution in [0, 0.1) is 12.7 Å². The van der Waals surface area contributed by atoms with Crippen LogP contribution in [0.15, 0.2) is 60.8 Å². The number of aromatic nitrogens is 3. The van der Waals surface area contributed by atoms with Gasteiger partial charge in [-0.3, -0.25) is 4.98 Å². The predicted molar refractivity (Wildman–Crippen MR) is 128 cm³/mol. The number of benzene rings is 2. The maximum Gasteiger partial charge on any atom is 0.490 e. The van der Waals surface area contributed by atoms with E-state index in [1.165, 1.54) is 12.1 Å². The lowest BCUT2D eigenvalue weighted by molar-refractivity contribution is -0.193. The van der Waals surface area contributed by atoms with Gasteiger partial charge in [-0.2, -0.15) is 26.3 Å². The van der Waals surface area contributed by atoms with E-state index in [1.807, 2.05) is 43.5 Å². The van der Waals surface area contributed by atoms with E-state index < -0.39 is 24.3 Å². The van der Waals surface area contributed by atoms with Gasteiger partial charge in [-0.15, -0.1) is 0 Å². The van der Waals surface area contributed by atoms with E-state index in [1.54, 1.807) is 6.07 Å². The minimum absolute atomic E-state index is 0.253. The summed E-state index contributed by atoms with van der Waals surface area (Å²) in [6, 6.07) is 16.3. The Hall–Kier alpha value is -4.53. The highest BCUT2D eigenvalue weighted by Crippen LogP contribution is 2.25. The number of aromatic amines is 1. The van der Waals surface area contributed by atoms with Crippen LogP contribution in [0.1, 0.15) is 23.1 Å². The molecule has 40 heavy (non-hydrogen) atoms. The van der Waals surface area contributed by atoms with E-state index in [0.717, 1.165) is 33.4 Å². The summed E-state index contributed by atoms with van der Waals surface area (Å²) in [4.78, 5) is 29.9. The maximum atomic E-state index is 13.4. The molecule has 0 fully saturated rings. The number of carbonyl (C=O) groups is 2. The van der Waals surface area contributed by atoms with Gasteiger partial charge in [0.1, 0.15) is 11.6 Å². The highest BCUT2D eigenvalue weighted by atomic mass is 19.4. The molecule has 1 atom stereocenters. The first kappa shape index (κ1) is 31.7. The van der Waals surface area contributed by atoms with Crippen molar-refractivity contribution in [3.05, 3.63) is 83.7 Å². The maximum absolute atomic E-state index is 13.4. The van der Waals surface area contributed by atoms with Gasteiger partial charge in [-0.1, -0.05) is 18.2 Å². The Morgan fingerprint density at radius 1 is 0.925 bits per heavy atom. The standard InChI is InChI=1S/C21H19FN4.2C2HF3O2/c1-13-9-16(7-8-24-13)15-5-6-19-20(12-15)26-21(25-19)18(23)11-14-3-2-4-17(22)10-14;2*3-2(4,5)1(6)7/h2-10,12,18H,11,23H2,1H3,(H,25,26);2*(H,6,7)/t18-;;/m1../s1. The van der Waals surface area contributed by atoms with E-state index in [2.05, 4.69) is 21.0 Å². The third-order valence-electron chi connectivity index (χ3n) is 4.91. The van der Waals surface area contributed by atoms with E-state index in [4.69, 9.17) is 25.5 Å². The van der Waals surface area contributed by atoms with Crippen LogP contribution >= 0.6 is 0 Å². The first-order chi connectivity index (χ1) is 18.5. The third kappa shape index (κ3) is 9.65. The van der Waals surface area contributed by atoms with E-state index >= 15 is 0 Å². The molecule has 0 radical (unpaired) electrons. The molecule has 2 heterocycles. The molecule has 0 saturated heterocycles. The van der Waals surface area contributed by atoms with Crippen molar-refractivity contribution in [3.63, 3.8) is 0 Å². The molecule has 4 rings (SSSR count). The summed E-state index contributed by atoms with van der Waals surface area (Å²) in [7, 11) is 0. The number of alkyl halides is 6. The van der Waals surface area contributed by atoms with Gasteiger partial charge in [0, 0.05) is 11.9 Å². The Balaban J connectivity index is 0.000000333. The zero-order valence-corrected chi connectivity index (χ0v) is 20.4. The second-order valence-electron chi connectivity index (χ2n) is 8.09. The highest BCUT2D eigenvalue weighted by molar-refractivity contribution is 5.82. The number of rotatable bonds is 4. The summed E-state index contributed by atoms with van der Waals surface area (Å²) in [5, 5.41) is 14.2. The van der Waals surface area contributed by atoms with Crippen molar-refractivity contribution in [1.82, 2.24) is 15.0 Å². The van der Waals surface area contributed by atoms with E-state index in [0.29, 0.717) is 12.2 Å². The van der Waals surface area contributed by atoms with E-state index in [-0.39, 0.29) is 11.9 Å². The predicted octanol–water partition coefficient (Wildman–Crippen LogP) is 5.58. The number of halogens is 7. The smallest absolute Gasteiger partial charge is 0.475 e. The summed E-state index contributed by atoms with van der Waals surface area (Å²) in [6.07, 6.45) is -7.84. The lowest BCUT2D eigenvalue weighted by Gasteiger charge is -2.08. The molecule has 8 nitrogen and oxygen atoms in total. The normalized spacial score (nSPS) is 12.0. The summed E-state index contributed by atoms with van der Waals surface area (Å²) in [5.74, 6) is -5.07. The van der Waals surface area contributed by atoms with Gasteiger partial charge < -0.3 is 20.9 Å². The van der Waals surface area contributed by atoms with E-state index in [9.17, 15) is 30.7 Å². The molecule has 0 aliphatic rings. The number of nitrogens with zero attached hydrogens (tertiary/aromatic N) is 2. The van der Waals surface area contributed by atoms with Gasteiger partial charge in [0.15, 0.2) is 0 Å². The van der Waals surface area contributed by atoms with Gasteiger partial charge >= 0.3 is 24.3 Å². The number of aliphatic carboxylic acids is 2. The van der Waals surface area contributed by atoms with Crippen molar-refractivity contribution in [1.29, 1.82) is 0 Å². The van der Waals surface area contributed by atoms with Crippen molar-refractivity contribution in [2.24, 2.45) is 5.73 Å². The molecule has 0 aliphatic heterocycles. The number of H-pyrrole nitrogens is 1. The zero-order valence-electron chi connectivity index (χ0n) is 20.4. The first-order valence-electron chi connectivity index (χ1n) is 11.0. The van der Waals surface area contributed by atoms with Crippen LogP contribution in [0.4, 0.5) is 30.7 Å². The van der Waals surface area contributed by atoms with Crippen LogP contribution in [0.25, 0.3) is 22.2 Å². The second-order valence-corrected chi connectivity index (χ2v) is 8.09. The Kier molecular flexibility index (Phi) is 10.3. The number of aryl methyl sites for hydroxylation is 1. The van der Waals surface area contributed by atoms with Crippen LogP contribution < -0.4 is 5.73 Å². The van der Waals surface area contributed by atoms with Crippen molar-refractivity contribution in [2.75, 3.05) is 0 Å². The molecular weight excluding hydrogens is 553 g/mol. The second kappa shape index (κ2) is 13.0. The molecule has 0 bridgehead atoms. The Morgan fingerprint density at radius 2 is 1.50 bits per heavy atom. The van der Waals surface area contributed by atoms with Gasteiger partial charge in [0.25, 0.3) is 0 Å². The molecular formula is C25H21F7N4O4. The monoisotopic (exact) mass is 574 g/mol. The number of nitrogens with two attached hydrogens (primary N) is 1. The van der Waals surface area contributed by atoms with Gasteiger partial charge in [0.05, 0.1) is 17.1 Å². The lowest BCUT2D eigenvalue weighted by atomic mass is 10.1. The first-order valence-corrected chi connectivity index (χ1v) is 11.0. The number of nitrogens with one attached hydrogen (secondary N) is 1. The minimum Gasteiger partial charge on any atom is -0.475 e. The lowest BCUT2D eigenvalue weighted by Crippen LogP contribution is -2.21. The molecule has 2 aromatic heterocycles. The average Bonchev–Trinajstić information content (AvgIpc) is 3.27. The molecule has 0 amide bonds. The summed E-state index contributed by atoms with van der Waals surface area (Å²) in [5.41, 5.74) is 12.1. The Morgan fingerprint density at radius 3 is 2.02 bits per heavy atom. The van der Waals surface area contributed by atoms with Crippen LogP contribution in [0.2, 0.25) is 0 Å². The fourth-order valence-corrected chi connectivity index (χ4v) is 3.12. The number of pyridine rings is 1. The molecule has 0 saturated carbocycles. The minimum atomic E-state index is -5.08. The topological polar surface area (TPSA) is 142 Å². The van der Waals surface area contributed by atoms with Crippen LogP contribution in [0.5, 0.6) is 0 Å². The third-order valence-corrected chi connectivity index (χ3v) is 4.91. The SMILES string of the molecule is Cc1cc(-c2ccc3nc([C@H](N)Cc4cccc(F)c4)[nH]c3c2)ccn1.O=C(O)C(F)(F)F.O=C(O)C(F)(F)F. The molecule has 0 spiro atoms. The van der Waals surface area contributed by atoms with Crippen LogP contribution in [-0.2, 0) is 16.0 Å². The number of fused-ring (bicyclic) bond motifs is 1. The summed E-state index contributed by atoms with van der Waals surface area (Å²) >= 11 is 0. The highest BCUT2D eigenvalue weighted by Gasteiger charge is 2.38. The fraction of sp³-hybridized carbons (Fsp3) is 0.200. The quantitative estimate of drug-likeness (QED) is 0.233. The number of carboxylic acids is 2. The molecule has 5 N–H and O–H groups in total. The molecule has 0 unspecified atom stereocenters. The number of hydrogen-bond donors (Lipinski definition) is 4. The van der Waals surface area contributed by atoms with Crippen molar-refractivity contribution in [2.45, 2.75) is 31.7 Å². The van der Waals surface area contributed by atoms with Gasteiger partial charge in [-0.25, -0.2) is 19.0 Å². The molecule has 0 aliphatic carbocycles. The van der Waals surface area contributed by atoms with Crippen LogP contribution in [-0.4, -0.2) is 49.5 Å². The fourth-order valence-electron chi connectivity index (χ4n) is 3.12. The zero-order chi connectivity index (χ0) is 30.3. The molecule has 4 aromatic rings. The Bertz CT molecular complexity index is 1450. The molecule has 2 aromatic carbocycles. The van der Waals surface area contributed by atoms with Crippen LogP contribution in [0.3, 0.4) is 0 Å². The van der Waals surface area contributed by atoms with Crippen molar-refractivity contribution < 1.29 is 50.5 Å². The largest absolute Gasteiger partial charge is 0.490 e. The number of imidazole rings is 1. The number of hydrogen-bond acceptors (Lipinski definition) is 5. The molecule has 15 heteroatoms. The van der Waals surface area contributed by atoms with Crippen molar-refractivity contribution >= 4 is 23.0 Å². The number of carboxylic acid groups (broad SMARTS) is 2. The summed E-state index contributed by atoms with van der Waals surface area (Å²) < 4.78 is 76.8. The summed E-state index contributed by atoms with van der Waals surface area (Å²) in [6.45, 7) is 1.97. The Labute approximate surface area is 221 Å². The average molecular weight is 574 g/mol.